The van der Waals surface area contributed by atoms with Crippen LogP contribution in [-0.2, 0) is 9.53 Å². The number of carboxylic acid groups (broad SMARTS) is 1. The first-order valence-electron chi connectivity index (χ1n) is 5.08. The van der Waals surface area contributed by atoms with Crippen LogP contribution >= 0.6 is 0 Å². The molecule has 13 heavy (non-hydrogen) atoms. The van der Waals surface area contributed by atoms with Gasteiger partial charge in [-0.1, -0.05) is 6.42 Å². The highest BCUT2D eigenvalue weighted by molar-refractivity contribution is 5.66. The predicted molar refractivity (Wildman–Crippen MR) is 49.6 cm³/mol. The molecule has 76 valence electrons. The van der Waals surface area contributed by atoms with Crippen LogP contribution in [0.5, 0.6) is 0 Å². The molecule has 3 heteroatoms. The van der Waals surface area contributed by atoms with Gasteiger partial charge in [0.05, 0.1) is 0 Å². The van der Waals surface area contributed by atoms with Gasteiger partial charge in [0.15, 0.2) is 0 Å². The van der Waals surface area contributed by atoms with E-state index in [9.17, 15) is 4.79 Å². The van der Waals surface area contributed by atoms with Crippen LogP contribution in [0, 0.1) is 5.92 Å². The van der Waals surface area contributed by atoms with E-state index in [1.54, 1.807) is 0 Å². The van der Waals surface area contributed by atoms with Crippen molar-refractivity contribution >= 4 is 5.97 Å². The quantitative estimate of drug-likeness (QED) is 0.668. The zero-order valence-electron chi connectivity index (χ0n) is 8.00. The lowest BCUT2D eigenvalue weighted by atomic mass is 9.96. The Labute approximate surface area is 79.1 Å². The van der Waals surface area contributed by atoms with Gasteiger partial charge in [-0.15, -0.1) is 0 Å². The van der Waals surface area contributed by atoms with Gasteiger partial charge in [0.1, 0.15) is 0 Å². The molecule has 0 aromatic carbocycles. The smallest absolute Gasteiger partial charge is 0.303 e. The third-order valence-corrected chi connectivity index (χ3v) is 2.51. The zero-order valence-corrected chi connectivity index (χ0v) is 8.00. The van der Waals surface area contributed by atoms with Gasteiger partial charge in [-0.05, 0) is 31.6 Å². The van der Waals surface area contributed by atoms with E-state index >= 15 is 0 Å². The molecule has 1 fully saturated rings. The topological polar surface area (TPSA) is 46.5 Å². The molecule has 0 saturated carbocycles. The highest BCUT2D eigenvalue weighted by Crippen LogP contribution is 2.19. The van der Waals surface area contributed by atoms with Crippen molar-refractivity contribution in [1.29, 1.82) is 0 Å². The van der Waals surface area contributed by atoms with Crippen LogP contribution < -0.4 is 0 Å². The van der Waals surface area contributed by atoms with Gasteiger partial charge in [-0.2, -0.15) is 0 Å². The molecule has 0 aliphatic carbocycles. The maximum Gasteiger partial charge on any atom is 0.303 e. The number of hydrogen-bond donors (Lipinski definition) is 1. The van der Waals surface area contributed by atoms with Crippen molar-refractivity contribution < 1.29 is 14.6 Å². The third-order valence-electron chi connectivity index (χ3n) is 2.51. The molecule has 0 radical (unpaired) electrons. The van der Waals surface area contributed by atoms with E-state index in [-0.39, 0.29) is 0 Å². The van der Waals surface area contributed by atoms with E-state index in [2.05, 4.69) is 0 Å². The molecule has 1 unspecified atom stereocenters. The number of ether oxygens (including phenoxy) is 1. The Bertz CT molecular complexity index is 150. The van der Waals surface area contributed by atoms with E-state index in [0.717, 1.165) is 32.5 Å². The predicted octanol–water partition coefficient (Wildman–Crippen LogP) is 2.06. The van der Waals surface area contributed by atoms with E-state index in [1.165, 1.54) is 12.8 Å². The van der Waals surface area contributed by atoms with Crippen molar-refractivity contribution in [2.24, 2.45) is 5.92 Å². The summed E-state index contributed by atoms with van der Waals surface area (Å²) in [4.78, 5) is 10.2. The highest BCUT2D eigenvalue weighted by atomic mass is 16.5. The molecule has 0 aromatic rings. The first-order chi connectivity index (χ1) is 6.29. The van der Waals surface area contributed by atoms with Crippen molar-refractivity contribution in [1.82, 2.24) is 0 Å². The number of hydrogen-bond acceptors (Lipinski definition) is 2. The van der Waals surface area contributed by atoms with Gasteiger partial charge in [-0.3, -0.25) is 4.79 Å². The minimum Gasteiger partial charge on any atom is -0.481 e. The molecular formula is C10H18O3. The van der Waals surface area contributed by atoms with Crippen LogP contribution in [0.15, 0.2) is 0 Å². The molecule has 3 nitrogen and oxygen atoms in total. The average molecular weight is 186 g/mol. The fourth-order valence-electron chi connectivity index (χ4n) is 1.74. The van der Waals surface area contributed by atoms with Gasteiger partial charge in [-0.25, -0.2) is 0 Å². The molecule has 1 N–H and O–H groups in total. The summed E-state index contributed by atoms with van der Waals surface area (Å²) in [6.07, 6.45) is 5.71. The second kappa shape index (κ2) is 5.97. The van der Waals surface area contributed by atoms with Gasteiger partial charge in [0.2, 0.25) is 0 Å². The number of aliphatic carboxylic acids is 1. The molecule has 0 spiro atoms. The lowest BCUT2D eigenvalue weighted by molar-refractivity contribution is -0.137. The first-order valence-corrected chi connectivity index (χ1v) is 5.08. The summed E-state index contributed by atoms with van der Waals surface area (Å²) < 4.78 is 5.34. The van der Waals surface area contributed by atoms with Crippen LogP contribution in [0.4, 0.5) is 0 Å². The summed E-state index contributed by atoms with van der Waals surface area (Å²) in [6, 6.07) is 0. The first kappa shape index (κ1) is 10.5. The summed E-state index contributed by atoms with van der Waals surface area (Å²) in [5, 5.41) is 8.43. The second-order valence-electron chi connectivity index (χ2n) is 3.72. The normalized spacial score (nSPS) is 22.9. The van der Waals surface area contributed by atoms with Crippen LogP contribution in [-0.4, -0.2) is 24.3 Å². The van der Waals surface area contributed by atoms with Crippen LogP contribution in [0.3, 0.4) is 0 Å². The molecule has 0 aromatic heterocycles. The fraction of sp³-hybridized carbons (Fsp3) is 0.900. The minimum atomic E-state index is -0.681. The van der Waals surface area contributed by atoms with Gasteiger partial charge < -0.3 is 9.84 Å². The maximum absolute atomic E-state index is 10.2. The van der Waals surface area contributed by atoms with Crippen molar-refractivity contribution in [3.8, 4) is 0 Å². The molecular weight excluding hydrogens is 168 g/mol. The number of unbranched alkanes of at least 4 members (excludes halogenated alkanes) is 1. The second-order valence-corrected chi connectivity index (χ2v) is 3.72. The average Bonchev–Trinajstić information content (AvgIpc) is 2.14. The maximum atomic E-state index is 10.2. The highest BCUT2D eigenvalue weighted by Gasteiger charge is 2.13. The molecule has 0 amide bonds. The Balaban J connectivity index is 1.95. The Hall–Kier alpha value is -0.570. The van der Waals surface area contributed by atoms with E-state index in [0.29, 0.717) is 12.3 Å². The summed E-state index contributed by atoms with van der Waals surface area (Å²) in [5.41, 5.74) is 0. The molecule has 1 aliphatic rings. The summed E-state index contributed by atoms with van der Waals surface area (Å²) in [5.74, 6) is 0.00226. The monoisotopic (exact) mass is 186 g/mol. The molecule has 1 atom stereocenters. The molecule has 1 heterocycles. The number of rotatable bonds is 5. The SMILES string of the molecule is O=C(O)CCCCC1CCCOC1. The Morgan fingerprint density at radius 3 is 2.92 bits per heavy atom. The molecule has 1 rings (SSSR count). The van der Waals surface area contributed by atoms with Crippen molar-refractivity contribution in [3.63, 3.8) is 0 Å². The summed E-state index contributed by atoms with van der Waals surface area (Å²) >= 11 is 0. The van der Waals surface area contributed by atoms with Crippen molar-refractivity contribution in [3.05, 3.63) is 0 Å². The zero-order chi connectivity index (χ0) is 9.52. The van der Waals surface area contributed by atoms with E-state index < -0.39 is 5.97 Å². The summed E-state index contributed by atoms with van der Waals surface area (Å²) in [6.45, 7) is 1.79. The van der Waals surface area contributed by atoms with Crippen LogP contribution in [0.2, 0.25) is 0 Å². The standard InChI is InChI=1S/C10H18O3/c11-10(12)6-2-1-4-9-5-3-7-13-8-9/h9H,1-8H2,(H,11,12). The van der Waals surface area contributed by atoms with E-state index in [1.807, 2.05) is 0 Å². The number of carboxylic acids is 1. The molecule has 0 bridgehead atoms. The molecule has 1 saturated heterocycles. The fourth-order valence-corrected chi connectivity index (χ4v) is 1.74. The lowest BCUT2D eigenvalue weighted by Crippen LogP contribution is -2.17. The van der Waals surface area contributed by atoms with Crippen molar-refractivity contribution in [2.75, 3.05) is 13.2 Å². The van der Waals surface area contributed by atoms with Crippen LogP contribution in [0.1, 0.15) is 38.5 Å². The minimum absolute atomic E-state index is 0.313. The van der Waals surface area contributed by atoms with Gasteiger partial charge in [0.25, 0.3) is 0 Å². The largest absolute Gasteiger partial charge is 0.481 e. The van der Waals surface area contributed by atoms with Crippen molar-refractivity contribution in [2.45, 2.75) is 38.5 Å². The third kappa shape index (κ3) is 4.88. The Morgan fingerprint density at radius 2 is 2.31 bits per heavy atom. The van der Waals surface area contributed by atoms with Crippen LogP contribution in [0.25, 0.3) is 0 Å². The Kier molecular flexibility index (Phi) is 4.83. The lowest BCUT2D eigenvalue weighted by Gasteiger charge is -2.21. The van der Waals surface area contributed by atoms with E-state index in [4.69, 9.17) is 9.84 Å². The van der Waals surface area contributed by atoms with Gasteiger partial charge >= 0.3 is 5.97 Å². The number of carbonyl (C=O) groups is 1. The van der Waals surface area contributed by atoms with Gasteiger partial charge in [0, 0.05) is 19.6 Å². The Morgan fingerprint density at radius 1 is 1.46 bits per heavy atom. The summed E-state index contributed by atoms with van der Waals surface area (Å²) in [7, 11) is 0. The molecule has 1 aliphatic heterocycles.